The van der Waals surface area contributed by atoms with E-state index >= 15 is 0 Å². The largest absolute Gasteiger partial charge is 0.494 e. The number of aliphatic hydroxyl groups is 1. The topological polar surface area (TPSA) is 47.9 Å². The summed E-state index contributed by atoms with van der Waals surface area (Å²) in [5.74, 6) is 2.17. The van der Waals surface area contributed by atoms with Crippen molar-refractivity contribution in [2.45, 2.75) is 5.60 Å². The first-order valence-corrected chi connectivity index (χ1v) is 7.80. The predicted octanol–water partition coefficient (Wildman–Crippen LogP) is 3.38. The van der Waals surface area contributed by atoms with Crippen LogP contribution in [0.25, 0.3) is 0 Å². The highest BCUT2D eigenvalue weighted by Crippen LogP contribution is 2.35. The van der Waals surface area contributed by atoms with Crippen LogP contribution >= 0.6 is 11.6 Å². The molecule has 0 saturated heterocycles. The number of hydrogen-bond acceptors (Lipinski definition) is 4. The minimum absolute atomic E-state index is 0.0584. The average molecular weight is 365 g/mol. The van der Waals surface area contributed by atoms with Crippen molar-refractivity contribution in [1.82, 2.24) is 0 Å². The van der Waals surface area contributed by atoms with Gasteiger partial charge >= 0.3 is 0 Å². The lowest BCUT2D eigenvalue weighted by Crippen LogP contribution is -2.25. The van der Waals surface area contributed by atoms with E-state index in [1.165, 1.54) is 25.3 Å². The first-order valence-electron chi connectivity index (χ1n) is 7.42. The lowest BCUT2D eigenvalue weighted by Gasteiger charge is -2.24. The first kappa shape index (κ1) is 19.1. The summed E-state index contributed by atoms with van der Waals surface area (Å²) in [7, 11) is 2.92. The molecule has 0 aliphatic carbocycles. The van der Waals surface area contributed by atoms with Gasteiger partial charge in [0, 0.05) is 18.2 Å². The van der Waals surface area contributed by atoms with Crippen molar-refractivity contribution >= 4 is 11.6 Å². The van der Waals surface area contributed by atoms with Gasteiger partial charge in [-0.15, -0.1) is 6.42 Å². The minimum Gasteiger partial charge on any atom is -0.494 e. The molecule has 1 N–H and O–H groups in total. The fourth-order valence-electron chi connectivity index (χ4n) is 2.30. The molecule has 2 aromatic carbocycles. The van der Waals surface area contributed by atoms with Crippen molar-refractivity contribution in [1.29, 1.82) is 0 Å². The van der Waals surface area contributed by atoms with E-state index in [-0.39, 0.29) is 16.3 Å². The Labute approximate surface area is 151 Å². The SMILES string of the molecule is C#CC(O)(c1ccc(OC)c(F)c1)c1ccc(OCCOC)c(Cl)c1. The average Bonchev–Trinajstić information content (AvgIpc) is 2.62. The zero-order valence-electron chi connectivity index (χ0n) is 13.9. The molecule has 0 bridgehead atoms. The maximum atomic E-state index is 14.0. The molecule has 132 valence electrons. The third-order valence-electron chi connectivity index (χ3n) is 3.67. The molecule has 2 rings (SSSR count). The fourth-order valence-corrected chi connectivity index (χ4v) is 2.54. The number of benzene rings is 2. The van der Waals surface area contributed by atoms with Gasteiger partial charge in [-0.1, -0.05) is 29.7 Å². The molecule has 0 aliphatic heterocycles. The highest BCUT2D eigenvalue weighted by molar-refractivity contribution is 6.32. The number of methoxy groups -OCH3 is 2. The van der Waals surface area contributed by atoms with Crippen molar-refractivity contribution in [3.63, 3.8) is 0 Å². The Hall–Kier alpha value is -2.26. The molecular weight excluding hydrogens is 347 g/mol. The first-order chi connectivity index (χ1) is 12.0. The zero-order chi connectivity index (χ0) is 18.4. The van der Waals surface area contributed by atoms with Crippen LogP contribution < -0.4 is 9.47 Å². The standard InChI is InChI=1S/C19H18ClFO4/c1-4-19(22,14-6-8-18(24-3)16(21)12-14)13-5-7-17(15(20)11-13)25-10-9-23-2/h1,5-8,11-12,22H,9-10H2,2-3H3. The van der Waals surface area contributed by atoms with Crippen LogP contribution in [0.1, 0.15) is 11.1 Å². The molecular formula is C19H18ClFO4. The van der Waals surface area contributed by atoms with Gasteiger partial charge in [0.05, 0.1) is 18.7 Å². The van der Waals surface area contributed by atoms with E-state index in [4.69, 9.17) is 32.2 Å². The van der Waals surface area contributed by atoms with Gasteiger partial charge in [0.1, 0.15) is 12.4 Å². The van der Waals surface area contributed by atoms with E-state index < -0.39 is 11.4 Å². The third kappa shape index (κ3) is 4.05. The quantitative estimate of drug-likeness (QED) is 0.604. The summed E-state index contributed by atoms with van der Waals surface area (Å²) in [6, 6.07) is 8.70. The lowest BCUT2D eigenvalue weighted by molar-refractivity contribution is 0.143. The van der Waals surface area contributed by atoms with Crippen LogP contribution in [0.2, 0.25) is 5.02 Å². The van der Waals surface area contributed by atoms with Crippen molar-refractivity contribution in [3.05, 3.63) is 58.4 Å². The molecule has 0 radical (unpaired) electrons. The second kappa shape index (κ2) is 8.21. The van der Waals surface area contributed by atoms with Crippen LogP contribution in [-0.2, 0) is 10.3 Å². The summed E-state index contributed by atoms with van der Waals surface area (Å²) < 4.78 is 29.2. The van der Waals surface area contributed by atoms with E-state index in [1.807, 2.05) is 0 Å². The summed E-state index contributed by atoms with van der Waals surface area (Å²) in [5, 5.41) is 11.2. The molecule has 1 unspecified atom stereocenters. The van der Waals surface area contributed by atoms with Gasteiger partial charge in [-0.05, 0) is 24.3 Å². The molecule has 0 fully saturated rings. The van der Waals surface area contributed by atoms with Gasteiger partial charge in [0.15, 0.2) is 17.2 Å². The summed E-state index contributed by atoms with van der Waals surface area (Å²) in [6.07, 6.45) is 5.53. The highest BCUT2D eigenvalue weighted by Gasteiger charge is 2.31. The molecule has 0 saturated carbocycles. The smallest absolute Gasteiger partial charge is 0.176 e. The van der Waals surface area contributed by atoms with E-state index in [1.54, 1.807) is 19.2 Å². The minimum atomic E-state index is -1.85. The lowest BCUT2D eigenvalue weighted by atomic mass is 9.87. The summed E-state index contributed by atoms with van der Waals surface area (Å²) in [6.45, 7) is 0.746. The molecule has 25 heavy (non-hydrogen) atoms. The van der Waals surface area contributed by atoms with Crippen molar-refractivity contribution in [2.24, 2.45) is 0 Å². The summed E-state index contributed by atoms with van der Waals surface area (Å²) in [5.41, 5.74) is -1.33. The maximum absolute atomic E-state index is 14.0. The second-order valence-electron chi connectivity index (χ2n) is 5.19. The van der Waals surface area contributed by atoms with Crippen LogP contribution in [0.15, 0.2) is 36.4 Å². The Morgan fingerprint density at radius 1 is 1.12 bits per heavy atom. The van der Waals surface area contributed by atoms with E-state index in [2.05, 4.69) is 5.92 Å². The predicted molar refractivity (Wildman–Crippen MR) is 93.6 cm³/mol. The molecule has 6 heteroatoms. The zero-order valence-corrected chi connectivity index (χ0v) is 14.6. The number of ether oxygens (including phenoxy) is 3. The van der Waals surface area contributed by atoms with E-state index in [0.717, 1.165) is 6.07 Å². The van der Waals surface area contributed by atoms with Gasteiger partial charge in [0.25, 0.3) is 0 Å². The molecule has 2 aromatic rings. The van der Waals surface area contributed by atoms with Gasteiger partial charge in [-0.3, -0.25) is 0 Å². The number of rotatable bonds is 7. The van der Waals surface area contributed by atoms with Crippen molar-refractivity contribution < 1.29 is 23.7 Å². The molecule has 4 nitrogen and oxygen atoms in total. The van der Waals surface area contributed by atoms with E-state index in [9.17, 15) is 9.50 Å². The molecule has 0 spiro atoms. The van der Waals surface area contributed by atoms with Crippen molar-refractivity contribution in [3.8, 4) is 23.8 Å². The van der Waals surface area contributed by atoms with Gasteiger partial charge in [-0.25, -0.2) is 4.39 Å². The van der Waals surface area contributed by atoms with Gasteiger partial charge in [0.2, 0.25) is 0 Å². The normalized spacial score (nSPS) is 13.0. The van der Waals surface area contributed by atoms with E-state index in [0.29, 0.717) is 24.5 Å². The molecule has 0 aliphatic rings. The summed E-state index contributed by atoms with van der Waals surface area (Å²) in [4.78, 5) is 0. The monoisotopic (exact) mass is 364 g/mol. The molecule has 0 heterocycles. The van der Waals surface area contributed by atoms with Gasteiger partial charge in [-0.2, -0.15) is 0 Å². The van der Waals surface area contributed by atoms with Crippen LogP contribution in [0.5, 0.6) is 11.5 Å². The highest BCUT2D eigenvalue weighted by atomic mass is 35.5. The Morgan fingerprint density at radius 3 is 2.28 bits per heavy atom. The third-order valence-corrected chi connectivity index (χ3v) is 3.97. The second-order valence-corrected chi connectivity index (χ2v) is 5.60. The Balaban J connectivity index is 2.38. The number of halogens is 2. The molecule has 0 aromatic heterocycles. The number of terminal acetylenes is 1. The van der Waals surface area contributed by atoms with Gasteiger partial charge < -0.3 is 19.3 Å². The Morgan fingerprint density at radius 2 is 1.76 bits per heavy atom. The van der Waals surface area contributed by atoms with Crippen LogP contribution in [0.4, 0.5) is 4.39 Å². The fraction of sp³-hybridized carbons (Fsp3) is 0.263. The summed E-state index contributed by atoms with van der Waals surface area (Å²) >= 11 is 6.20. The molecule has 1 atom stereocenters. The van der Waals surface area contributed by atoms with Crippen LogP contribution in [-0.4, -0.2) is 32.5 Å². The maximum Gasteiger partial charge on any atom is 0.176 e. The van der Waals surface area contributed by atoms with Crippen LogP contribution in [0, 0.1) is 18.2 Å². The van der Waals surface area contributed by atoms with Crippen molar-refractivity contribution in [2.75, 3.05) is 27.4 Å². The number of hydrogen-bond donors (Lipinski definition) is 1. The van der Waals surface area contributed by atoms with Crippen LogP contribution in [0.3, 0.4) is 0 Å². The molecule has 0 amide bonds. The Kier molecular flexibility index (Phi) is 6.27. The Bertz CT molecular complexity index is 787.